The monoisotopic (exact) mass is 367 g/mol. The molecule has 1 unspecified atom stereocenters. The molecule has 0 N–H and O–H groups in total. The molecule has 8 heteroatoms. The van der Waals surface area contributed by atoms with Gasteiger partial charge < -0.3 is 9.64 Å². The van der Waals surface area contributed by atoms with E-state index in [2.05, 4.69) is 4.98 Å². The lowest BCUT2D eigenvalue weighted by Crippen LogP contribution is -2.55. The van der Waals surface area contributed by atoms with Crippen molar-refractivity contribution in [3.05, 3.63) is 30.1 Å². The number of rotatable bonds is 4. The number of pyridine rings is 1. The van der Waals surface area contributed by atoms with E-state index in [0.29, 0.717) is 44.7 Å². The molecule has 0 bridgehead atoms. The maximum atomic E-state index is 12.7. The van der Waals surface area contributed by atoms with Crippen LogP contribution in [0.4, 0.5) is 0 Å². The molecule has 3 rings (SSSR count). The first-order valence-corrected chi connectivity index (χ1v) is 10.6. The van der Waals surface area contributed by atoms with Crippen molar-refractivity contribution in [3.63, 3.8) is 0 Å². The van der Waals surface area contributed by atoms with E-state index in [1.165, 1.54) is 6.26 Å². The number of nitrogens with zero attached hydrogens (tertiary/aromatic N) is 3. The summed E-state index contributed by atoms with van der Waals surface area (Å²) < 4.78 is 31.9. The van der Waals surface area contributed by atoms with Gasteiger partial charge in [-0.15, -0.1) is 0 Å². The second-order valence-corrected chi connectivity index (χ2v) is 8.61. The molecule has 1 aromatic heterocycles. The van der Waals surface area contributed by atoms with Crippen LogP contribution in [0.5, 0.6) is 0 Å². The number of carbonyl (C=O) groups is 1. The van der Waals surface area contributed by atoms with Gasteiger partial charge in [0.25, 0.3) is 5.91 Å². The Bertz CT molecular complexity index is 689. The number of carbonyl (C=O) groups excluding carboxylic acids is 1. The summed E-state index contributed by atoms with van der Waals surface area (Å²) >= 11 is 0. The third kappa shape index (κ3) is 4.37. The summed E-state index contributed by atoms with van der Waals surface area (Å²) in [4.78, 5) is 18.4. The van der Waals surface area contributed by atoms with Crippen molar-refractivity contribution in [2.45, 2.75) is 37.8 Å². The minimum Gasteiger partial charge on any atom is -0.381 e. The van der Waals surface area contributed by atoms with Crippen molar-refractivity contribution in [3.8, 4) is 0 Å². The summed E-state index contributed by atoms with van der Waals surface area (Å²) in [5, 5.41) is 0. The van der Waals surface area contributed by atoms with Gasteiger partial charge in [0, 0.05) is 56.3 Å². The van der Waals surface area contributed by atoms with Gasteiger partial charge >= 0.3 is 0 Å². The molecule has 138 valence electrons. The van der Waals surface area contributed by atoms with Gasteiger partial charge in [0.2, 0.25) is 10.0 Å². The van der Waals surface area contributed by atoms with E-state index >= 15 is 0 Å². The van der Waals surface area contributed by atoms with Crippen molar-refractivity contribution in [1.82, 2.24) is 14.2 Å². The number of hydrogen-bond donors (Lipinski definition) is 0. The van der Waals surface area contributed by atoms with E-state index < -0.39 is 10.0 Å². The SMILES string of the molecule is CS(=O)(=O)N(C1CCOCC1)C1CCCN(C(=O)c2ccncc2)C1. The Hall–Kier alpha value is -1.51. The van der Waals surface area contributed by atoms with Gasteiger partial charge in [0.1, 0.15) is 0 Å². The van der Waals surface area contributed by atoms with Crippen molar-refractivity contribution in [1.29, 1.82) is 0 Å². The summed E-state index contributed by atoms with van der Waals surface area (Å²) in [5.74, 6) is -0.0625. The van der Waals surface area contributed by atoms with Gasteiger partial charge in [-0.05, 0) is 37.8 Å². The number of likely N-dealkylation sites (tertiary alicyclic amines) is 1. The van der Waals surface area contributed by atoms with Gasteiger partial charge in [0.15, 0.2) is 0 Å². The van der Waals surface area contributed by atoms with Gasteiger partial charge in [0.05, 0.1) is 6.26 Å². The molecule has 0 aromatic carbocycles. The average molecular weight is 367 g/mol. The van der Waals surface area contributed by atoms with E-state index in [1.54, 1.807) is 33.7 Å². The predicted molar refractivity (Wildman–Crippen MR) is 93.7 cm³/mol. The quantitative estimate of drug-likeness (QED) is 0.797. The fourth-order valence-electron chi connectivity index (χ4n) is 3.80. The lowest BCUT2D eigenvalue weighted by molar-refractivity contribution is 0.0342. The van der Waals surface area contributed by atoms with E-state index in [4.69, 9.17) is 4.74 Å². The molecule has 1 amide bonds. The maximum absolute atomic E-state index is 12.7. The van der Waals surface area contributed by atoms with Crippen molar-refractivity contribution in [2.24, 2.45) is 0 Å². The normalized spacial score (nSPS) is 23.0. The van der Waals surface area contributed by atoms with Crippen LogP contribution in [0.15, 0.2) is 24.5 Å². The highest BCUT2D eigenvalue weighted by Crippen LogP contribution is 2.26. The lowest BCUT2D eigenvalue weighted by Gasteiger charge is -2.42. The highest BCUT2D eigenvalue weighted by molar-refractivity contribution is 7.88. The molecular formula is C17H25N3O4S. The van der Waals surface area contributed by atoms with Crippen LogP contribution in [-0.2, 0) is 14.8 Å². The number of aromatic nitrogens is 1. The number of amides is 1. The predicted octanol–water partition coefficient (Wildman–Crippen LogP) is 1.13. The first-order chi connectivity index (χ1) is 12.0. The van der Waals surface area contributed by atoms with Crippen LogP contribution in [0, 0.1) is 0 Å². The van der Waals surface area contributed by atoms with Crippen LogP contribution in [0.2, 0.25) is 0 Å². The van der Waals surface area contributed by atoms with Gasteiger partial charge in [-0.2, -0.15) is 4.31 Å². The van der Waals surface area contributed by atoms with Gasteiger partial charge in [-0.3, -0.25) is 9.78 Å². The van der Waals surface area contributed by atoms with Crippen LogP contribution in [0.25, 0.3) is 0 Å². The maximum Gasteiger partial charge on any atom is 0.254 e. The number of sulfonamides is 1. The molecular weight excluding hydrogens is 342 g/mol. The molecule has 2 aliphatic heterocycles. The number of hydrogen-bond acceptors (Lipinski definition) is 5. The molecule has 2 fully saturated rings. The Balaban J connectivity index is 1.77. The van der Waals surface area contributed by atoms with Crippen LogP contribution >= 0.6 is 0 Å². The fourth-order valence-corrected chi connectivity index (χ4v) is 5.27. The zero-order chi connectivity index (χ0) is 17.9. The Morgan fingerprint density at radius 3 is 2.52 bits per heavy atom. The van der Waals surface area contributed by atoms with E-state index in [1.807, 2.05) is 0 Å². The smallest absolute Gasteiger partial charge is 0.254 e. The molecule has 2 saturated heterocycles. The van der Waals surface area contributed by atoms with Crippen molar-refractivity contribution < 1.29 is 17.9 Å². The molecule has 0 spiro atoms. The zero-order valence-corrected chi connectivity index (χ0v) is 15.3. The summed E-state index contributed by atoms with van der Waals surface area (Å²) in [6, 6.07) is 3.18. The largest absolute Gasteiger partial charge is 0.381 e. The molecule has 0 radical (unpaired) electrons. The zero-order valence-electron chi connectivity index (χ0n) is 14.5. The second-order valence-electron chi connectivity index (χ2n) is 6.72. The Morgan fingerprint density at radius 1 is 1.20 bits per heavy atom. The summed E-state index contributed by atoms with van der Waals surface area (Å²) in [6.45, 7) is 2.26. The molecule has 2 aliphatic rings. The van der Waals surface area contributed by atoms with E-state index in [9.17, 15) is 13.2 Å². The highest BCUT2D eigenvalue weighted by Gasteiger charge is 2.37. The fraction of sp³-hybridized carbons (Fsp3) is 0.647. The molecule has 7 nitrogen and oxygen atoms in total. The van der Waals surface area contributed by atoms with E-state index in [0.717, 1.165) is 12.8 Å². The molecule has 25 heavy (non-hydrogen) atoms. The van der Waals surface area contributed by atoms with Crippen LogP contribution < -0.4 is 0 Å². The summed E-state index contributed by atoms with van der Waals surface area (Å²) in [7, 11) is -3.35. The summed E-state index contributed by atoms with van der Waals surface area (Å²) in [6.07, 6.45) is 7.47. The van der Waals surface area contributed by atoms with Gasteiger partial charge in [-0.1, -0.05) is 0 Å². The van der Waals surface area contributed by atoms with E-state index in [-0.39, 0.29) is 18.0 Å². The highest BCUT2D eigenvalue weighted by atomic mass is 32.2. The molecule has 1 atom stereocenters. The molecule has 1 aromatic rings. The minimum atomic E-state index is -3.35. The topological polar surface area (TPSA) is 79.8 Å². The Morgan fingerprint density at radius 2 is 1.88 bits per heavy atom. The van der Waals surface area contributed by atoms with Crippen molar-refractivity contribution in [2.75, 3.05) is 32.6 Å². The third-order valence-electron chi connectivity index (χ3n) is 4.90. The minimum absolute atomic E-state index is 0.0373. The lowest BCUT2D eigenvalue weighted by atomic mass is 10.0. The van der Waals surface area contributed by atoms with Crippen LogP contribution in [0.3, 0.4) is 0 Å². The Kier molecular flexibility index (Phi) is 5.71. The molecule has 0 aliphatic carbocycles. The number of piperidine rings is 1. The number of ether oxygens (including phenoxy) is 1. The Labute approximate surface area is 149 Å². The average Bonchev–Trinajstić information content (AvgIpc) is 2.62. The molecule has 0 saturated carbocycles. The third-order valence-corrected chi connectivity index (χ3v) is 6.27. The first-order valence-electron chi connectivity index (χ1n) is 8.72. The van der Waals surface area contributed by atoms with Gasteiger partial charge in [-0.25, -0.2) is 8.42 Å². The second kappa shape index (κ2) is 7.80. The van der Waals surface area contributed by atoms with Crippen LogP contribution in [0.1, 0.15) is 36.0 Å². The molecule has 3 heterocycles. The standard InChI is InChI=1S/C17H25N3O4S/c1-25(22,23)20(15-6-11-24-12-7-15)16-3-2-10-19(13-16)17(21)14-4-8-18-9-5-14/h4-5,8-9,15-16H,2-3,6-7,10-13H2,1H3. The summed E-state index contributed by atoms with van der Waals surface area (Å²) in [5.41, 5.74) is 0.590. The van der Waals surface area contributed by atoms with Crippen molar-refractivity contribution >= 4 is 15.9 Å². The first kappa shape index (κ1) is 18.3. The van der Waals surface area contributed by atoms with Crippen LogP contribution in [-0.4, -0.2) is 73.2 Å².